The van der Waals surface area contributed by atoms with E-state index in [1.165, 1.54) is 238 Å². The molecule has 0 amide bonds. The average molecular weight is 1330 g/mol. The molecule has 0 heterocycles. The SMILES string of the molecule is CC(C)(C)c1cc(N(c2cc(C34CC5CC(CC(C5)C3)C4)cc(C34CC5CC(CC(C5)C3)C4)c2)c2c3ccccc3c(N(c3cc(C(C)(C)C)cc(C(C)(C)C)c3)c3cc(C45CC6CC(CC(C6)C4)C5)cc(C45CC6CC(CC(C6)C4)C5)c3)c3cc(C(C)(C)C)ccc23)cc(C(C)(C)C)c1. The topological polar surface area (TPSA) is 6.48 Å². The summed E-state index contributed by atoms with van der Waals surface area (Å²) in [4.78, 5) is 5.91. The Hall–Kier alpha value is -5.34. The second-order valence-electron chi connectivity index (χ2n) is 43.8. The third-order valence-electron chi connectivity index (χ3n) is 31.1. The van der Waals surface area contributed by atoms with E-state index < -0.39 is 0 Å². The summed E-state index contributed by atoms with van der Waals surface area (Å²) in [7, 11) is 0. The van der Waals surface area contributed by atoms with Gasteiger partial charge in [-0.3, -0.25) is 0 Å². The Morgan fingerprint density at radius 3 is 0.690 bits per heavy atom. The summed E-state index contributed by atoms with van der Waals surface area (Å²) >= 11 is 0. The van der Waals surface area contributed by atoms with Crippen molar-refractivity contribution < 1.29 is 0 Å². The van der Waals surface area contributed by atoms with Crippen molar-refractivity contribution in [3.05, 3.63) is 165 Å². The van der Waals surface area contributed by atoms with Crippen LogP contribution in [0.15, 0.2) is 115 Å². The summed E-state index contributed by atoms with van der Waals surface area (Å²) in [6, 6.07) is 51.3. The van der Waals surface area contributed by atoms with Crippen LogP contribution in [-0.2, 0) is 48.7 Å². The minimum absolute atomic E-state index is 0.0730. The monoisotopic (exact) mass is 1330 g/mol. The summed E-state index contributed by atoms with van der Waals surface area (Å²) in [5.41, 5.74) is 22.7. The fourth-order valence-corrected chi connectivity index (χ4v) is 27.7. The summed E-state index contributed by atoms with van der Waals surface area (Å²) in [6.07, 6.45) is 34.1. The van der Waals surface area contributed by atoms with Crippen molar-refractivity contribution in [2.24, 2.45) is 71.0 Å². The molecule has 2 nitrogen and oxygen atoms in total. The van der Waals surface area contributed by atoms with Crippen molar-refractivity contribution in [2.45, 2.75) is 307 Å². The molecule has 16 fully saturated rings. The Labute approximate surface area is 604 Å². The molecule has 526 valence electrons. The van der Waals surface area contributed by atoms with Crippen LogP contribution in [0.3, 0.4) is 0 Å². The Morgan fingerprint density at radius 1 is 0.230 bits per heavy atom. The molecular weight excluding hydrogens is 1210 g/mol. The summed E-state index contributed by atoms with van der Waals surface area (Å²) < 4.78 is 0. The molecule has 23 rings (SSSR count). The van der Waals surface area contributed by atoms with Crippen molar-refractivity contribution in [1.29, 1.82) is 0 Å². The van der Waals surface area contributed by atoms with Gasteiger partial charge in [-0.15, -0.1) is 0 Å². The average Bonchev–Trinajstić information content (AvgIpc) is 0.718. The van der Waals surface area contributed by atoms with Gasteiger partial charge in [0, 0.05) is 44.3 Å². The molecule has 7 aromatic rings. The van der Waals surface area contributed by atoms with Gasteiger partial charge >= 0.3 is 0 Å². The second kappa shape index (κ2) is 22.1. The predicted molar refractivity (Wildman–Crippen MR) is 424 cm³/mol. The van der Waals surface area contributed by atoms with Crippen LogP contribution in [0.2, 0.25) is 0 Å². The number of rotatable bonds is 10. The normalized spacial score (nSPS) is 34.5. The highest BCUT2D eigenvalue weighted by Crippen LogP contribution is 2.68. The van der Waals surface area contributed by atoms with Crippen LogP contribution in [0.1, 0.15) is 308 Å². The van der Waals surface area contributed by atoms with Crippen molar-refractivity contribution in [2.75, 3.05) is 9.80 Å². The van der Waals surface area contributed by atoms with E-state index in [1.54, 1.807) is 22.3 Å². The smallest absolute Gasteiger partial charge is 0.0620 e. The van der Waals surface area contributed by atoms with Crippen molar-refractivity contribution in [3.8, 4) is 0 Å². The molecule has 0 N–H and O–H groups in total. The van der Waals surface area contributed by atoms with Gasteiger partial charge in [-0.2, -0.15) is 0 Å². The first-order chi connectivity index (χ1) is 47.3. The molecule has 100 heavy (non-hydrogen) atoms. The van der Waals surface area contributed by atoms with Crippen LogP contribution in [-0.4, -0.2) is 0 Å². The van der Waals surface area contributed by atoms with E-state index in [0.29, 0.717) is 0 Å². The third-order valence-corrected chi connectivity index (χ3v) is 31.1. The van der Waals surface area contributed by atoms with Gasteiger partial charge in [0.1, 0.15) is 0 Å². The van der Waals surface area contributed by atoms with Crippen LogP contribution < -0.4 is 9.80 Å². The lowest BCUT2D eigenvalue weighted by atomic mass is 9.46. The third kappa shape index (κ3) is 10.8. The number of benzene rings is 7. The van der Waals surface area contributed by atoms with Crippen molar-refractivity contribution in [1.82, 2.24) is 0 Å². The largest absolute Gasteiger partial charge is 0.309 e. The lowest BCUT2D eigenvalue weighted by molar-refractivity contribution is -0.00856. The quantitative estimate of drug-likeness (QED) is 0.0995. The zero-order valence-electron chi connectivity index (χ0n) is 64.8. The van der Waals surface area contributed by atoms with E-state index in [1.807, 2.05) is 0 Å². The number of hydrogen-bond donors (Lipinski definition) is 0. The zero-order valence-corrected chi connectivity index (χ0v) is 64.8. The molecule has 0 saturated heterocycles. The Kier molecular flexibility index (Phi) is 14.5. The fourth-order valence-electron chi connectivity index (χ4n) is 27.7. The molecule has 0 spiro atoms. The highest BCUT2D eigenvalue weighted by Gasteiger charge is 2.57. The highest BCUT2D eigenvalue weighted by molar-refractivity contribution is 6.23. The van der Waals surface area contributed by atoms with Crippen molar-refractivity contribution in [3.63, 3.8) is 0 Å². The van der Waals surface area contributed by atoms with Gasteiger partial charge in [-0.1, -0.05) is 165 Å². The molecule has 16 aliphatic rings. The Balaban J connectivity index is 0.934. The number of hydrogen-bond acceptors (Lipinski definition) is 2. The van der Waals surface area contributed by atoms with Gasteiger partial charge in [-0.25, -0.2) is 0 Å². The lowest BCUT2D eigenvalue weighted by Crippen LogP contribution is -2.50. The predicted octanol–water partition coefficient (Wildman–Crippen LogP) is 27.3. The molecule has 0 aromatic heterocycles. The maximum absolute atomic E-state index is 2.96. The van der Waals surface area contributed by atoms with Gasteiger partial charge in [0.25, 0.3) is 0 Å². The van der Waals surface area contributed by atoms with Crippen LogP contribution in [0.5, 0.6) is 0 Å². The minimum Gasteiger partial charge on any atom is -0.309 e. The van der Waals surface area contributed by atoms with Gasteiger partial charge in [0.2, 0.25) is 0 Å². The van der Waals surface area contributed by atoms with E-state index in [2.05, 4.69) is 229 Å². The summed E-state index contributed by atoms with van der Waals surface area (Å²) in [5.74, 6) is 10.4. The lowest BCUT2D eigenvalue weighted by Gasteiger charge is -2.59. The van der Waals surface area contributed by atoms with Crippen LogP contribution >= 0.6 is 0 Å². The fraction of sp³-hybridized carbons (Fsp3) is 0.612. The molecule has 7 aromatic carbocycles. The first kappa shape index (κ1) is 65.4. The number of nitrogens with zero attached hydrogens (tertiary/aromatic N) is 2. The number of fused-ring (bicyclic) bond motifs is 2. The Bertz CT molecular complexity index is 4110. The first-order valence-electron chi connectivity index (χ1n) is 41.5. The number of anilines is 6. The molecule has 2 heteroatoms. The molecule has 16 bridgehead atoms. The second-order valence-corrected chi connectivity index (χ2v) is 43.8. The summed E-state index contributed by atoms with van der Waals surface area (Å²) in [5, 5.41) is 5.46. The minimum atomic E-state index is -0.0982. The Morgan fingerprint density at radius 2 is 0.450 bits per heavy atom. The first-order valence-corrected chi connectivity index (χ1v) is 41.5. The van der Waals surface area contributed by atoms with Gasteiger partial charge < -0.3 is 9.80 Å². The van der Waals surface area contributed by atoms with Crippen molar-refractivity contribution >= 4 is 55.7 Å². The maximum atomic E-state index is 2.96. The van der Waals surface area contributed by atoms with E-state index >= 15 is 0 Å². The van der Waals surface area contributed by atoms with E-state index in [0.717, 1.165) is 71.0 Å². The molecule has 16 saturated carbocycles. The standard InChI is InChI=1S/C98H124N2/c1-90(2,3)71-20-21-86-87(46-71)89(100(81-40-74(93(10,11)12)35-75(41-81)94(13,14)15)83-44-78(97-53-65-28-66(54-97)30-67(29-65)55-97)37-79(45-83)98-56-68-31-69(57-98)33-70(32-68)58-98)85-19-17-16-18-84(85)88(86)99(80-38-72(91(4,5)6)34-73(39-80)92(7,8)9)82-42-76(95-47-59-22-60(48-95)24-61(23-59)49-95)36-77(43-82)96-50-62-25-63(51-96)27-64(26-62)52-96/h16-21,34-46,59-70H,22-33,47-58H2,1-15H3. The van der Waals surface area contributed by atoms with Crippen LogP contribution in [0.25, 0.3) is 21.5 Å². The molecule has 0 aliphatic heterocycles. The van der Waals surface area contributed by atoms with Gasteiger partial charge in [-0.05, 0) is 379 Å². The zero-order chi connectivity index (χ0) is 69.0. The van der Waals surface area contributed by atoms with E-state index in [9.17, 15) is 0 Å². The highest BCUT2D eigenvalue weighted by atomic mass is 15.2. The van der Waals surface area contributed by atoms with Crippen LogP contribution in [0, 0.1) is 71.0 Å². The molecule has 0 unspecified atom stereocenters. The van der Waals surface area contributed by atoms with E-state index in [-0.39, 0.29) is 48.7 Å². The molecule has 16 aliphatic carbocycles. The molecule has 0 radical (unpaired) electrons. The van der Waals surface area contributed by atoms with E-state index in [4.69, 9.17) is 0 Å². The summed E-state index contributed by atoms with van der Waals surface area (Å²) in [6.45, 7) is 37.1. The van der Waals surface area contributed by atoms with Crippen LogP contribution in [0.4, 0.5) is 34.1 Å². The van der Waals surface area contributed by atoms with Gasteiger partial charge in [0.05, 0.1) is 11.4 Å². The molecular formula is C98H124N2. The maximum Gasteiger partial charge on any atom is 0.0620 e. The van der Waals surface area contributed by atoms with Gasteiger partial charge in [0.15, 0.2) is 0 Å². The molecule has 0 atom stereocenters.